The lowest BCUT2D eigenvalue weighted by Crippen LogP contribution is -2.56. The van der Waals surface area contributed by atoms with E-state index in [2.05, 4.69) is 13.5 Å². The Hall–Kier alpha value is -1.13. The molecular formula is C20H32O4. The second-order valence-corrected chi connectivity index (χ2v) is 8.36. The van der Waals surface area contributed by atoms with Gasteiger partial charge in [-0.15, -0.1) is 0 Å². The summed E-state index contributed by atoms with van der Waals surface area (Å²) in [6.45, 7) is 10.3. The first-order chi connectivity index (χ1) is 11.1. The molecule has 5 atom stereocenters. The van der Waals surface area contributed by atoms with Crippen molar-refractivity contribution in [1.82, 2.24) is 0 Å². The minimum absolute atomic E-state index is 0.0487. The quantitative estimate of drug-likeness (QED) is 0.671. The first-order valence-corrected chi connectivity index (χ1v) is 9.00. The Bertz CT molecular complexity index is 538. The van der Waals surface area contributed by atoms with E-state index >= 15 is 0 Å². The number of carboxylic acid groups (broad SMARTS) is 1. The number of aliphatic carboxylic acids is 1. The average molecular weight is 336 g/mol. The van der Waals surface area contributed by atoms with Crippen molar-refractivity contribution < 1.29 is 20.1 Å². The molecule has 0 aromatic carbocycles. The molecule has 4 heteroatoms. The molecule has 24 heavy (non-hydrogen) atoms. The van der Waals surface area contributed by atoms with Crippen molar-refractivity contribution in [2.75, 3.05) is 6.61 Å². The molecule has 0 spiro atoms. The Balaban J connectivity index is 2.32. The summed E-state index contributed by atoms with van der Waals surface area (Å²) in [5.74, 6) is -0.518. The molecule has 2 aliphatic carbocycles. The Morgan fingerprint density at radius 3 is 2.62 bits per heavy atom. The van der Waals surface area contributed by atoms with E-state index < -0.39 is 17.5 Å². The summed E-state index contributed by atoms with van der Waals surface area (Å²) in [6, 6.07) is 0. The van der Waals surface area contributed by atoms with Gasteiger partial charge in [-0.25, -0.2) is 0 Å². The molecule has 0 saturated heterocycles. The Kier molecular flexibility index (Phi) is 5.61. The highest BCUT2D eigenvalue weighted by Crippen LogP contribution is 2.62. The van der Waals surface area contributed by atoms with Gasteiger partial charge in [0.2, 0.25) is 0 Å². The first-order valence-electron chi connectivity index (χ1n) is 9.00. The van der Waals surface area contributed by atoms with E-state index in [0.29, 0.717) is 12.8 Å². The number of fused-ring (bicyclic) bond motifs is 1. The SMILES string of the molecule is C=C1CC[C@@H]2[C@](C)(C[C@@H](O)C[C@]2(C)C(=O)O)[C@H]1CC/C(C)=C/CO. The van der Waals surface area contributed by atoms with Gasteiger partial charge in [0, 0.05) is 0 Å². The van der Waals surface area contributed by atoms with Crippen molar-refractivity contribution in [3.8, 4) is 0 Å². The number of aliphatic hydroxyl groups excluding tert-OH is 2. The summed E-state index contributed by atoms with van der Waals surface area (Å²) in [4.78, 5) is 12.0. The highest BCUT2D eigenvalue weighted by Gasteiger charge is 2.59. The van der Waals surface area contributed by atoms with Crippen LogP contribution in [0.25, 0.3) is 0 Å². The van der Waals surface area contributed by atoms with Gasteiger partial charge in [0.25, 0.3) is 0 Å². The van der Waals surface area contributed by atoms with Gasteiger partial charge in [0.1, 0.15) is 0 Å². The Labute approximate surface area is 145 Å². The zero-order valence-electron chi connectivity index (χ0n) is 15.2. The van der Waals surface area contributed by atoms with Crippen LogP contribution in [-0.2, 0) is 4.79 Å². The summed E-state index contributed by atoms with van der Waals surface area (Å²) < 4.78 is 0. The van der Waals surface area contributed by atoms with E-state index in [1.54, 1.807) is 0 Å². The summed E-state index contributed by atoms with van der Waals surface area (Å²) in [7, 11) is 0. The maximum absolute atomic E-state index is 12.0. The van der Waals surface area contributed by atoms with Gasteiger partial charge in [-0.1, -0.05) is 30.7 Å². The molecule has 0 amide bonds. The van der Waals surface area contributed by atoms with Gasteiger partial charge in [-0.3, -0.25) is 4.79 Å². The molecule has 0 aliphatic heterocycles. The molecule has 136 valence electrons. The van der Waals surface area contributed by atoms with E-state index in [4.69, 9.17) is 5.11 Å². The van der Waals surface area contributed by atoms with Crippen LogP contribution in [0.3, 0.4) is 0 Å². The lowest BCUT2D eigenvalue weighted by Gasteiger charge is -2.58. The maximum Gasteiger partial charge on any atom is 0.309 e. The van der Waals surface area contributed by atoms with Crippen LogP contribution < -0.4 is 0 Å². The minimum Gasteiger partial charge on any atom is -0.481 e. The van der Waals surface area contributed by atoms with E-state index in [1.807, 2.05) is 19.9 Å². The fourth-order valence-corrected chi connectivity index (χ4v) is 5.49. The third kappa shape index (κ3) is 3.31. The predicted molar refractivity (Wildman–Crippen MR) is 94.5 cm³/mol. The zero-order valence-corrected chi connectivity index (χ0v) is 15.2. The third-order valence-electron chi connectivity index (χ3n) is 6.70. The molecule has 2 rings (SSSR count). The van der Waals surface area contributed by atoms with Crippen LogP contribution in [0.15, 0.2) is 23.8 Å². The summed E-state index contributed by atoms with van der Waals surface area (Å²) in [5, 5.41) is 29.3. The number of rotatable bonds is 5. The number of carbonyl (C=O) groups is 1. The molecule has 0 aromatic heterocycles. The second kappa shape index (κ2) is 7.01. The van der Waals surface area contributed by atoms with Gasteiger partial charge in [-0.05, 0) is 69.6 Å². The van der Waals surface area contributed by atoms with Gasteiger partial charge in [0.15, 0.2) is 0 Å². The van der Waals surface area contributed by atoms with Crippen molar-refractivity contribution in [3.05, 3.63) is 23.8 Å². The van der Waals surface area contributed by atoms with Gasteiger partial charge in [-0.2, -0.15) is 0 Å². The smallest absolute Gasteiger partial charge is 0.309 e. The molecule has 0 unspecified atom stereocenters. The first kappa shape index (κ1) is 19.2. The van der Waals surface area contributed by atoms with Crippen molar-refractivity contribution in [1.29, 1.82) is 0 Å². The largest absolute Gasteiger partial charge is 0.481 e. The van der Waals surface area contributed by atoms with E-state index in [0.717, 1.165) is 31.3 Å². The van der Waals surface area contributed by atoms with E-state index in [1.165, 1.54) is 5.57 Å². The lowest BCUT2D eigenvalue weighted by molar-refractivity contribution is -0.173. The normalized spacial score (nSPS) is 40.3. The minimum atomic E-state index is -0.874. The highest BCUT2D eigenvalue weighted by atomic mass is 16.4. The predicted octanol–water partition coefficient (Wildman–Crippen LogP) is 3.54. The summed E-state index contributed by atoms with van der Waals surface area (Å²) in [6.07, 6.45) is 5.71. The molecule has 2 aliphatic rings. The van der Waals surface area contributed by atoms with Gasteiger partial charge in [0.05, 0.1) is 18.1 Å². The van der Waals surface area contributed by atoms with Gasteiger partial charge >= 0.3 is 5.97 Å². The Morgan fingerprint density at radius 2 is 2.04 bits per heavy atom. The van der Waals surface area contributed by atoms with Crippen LogP contribution in [0.4, 0.5) is 0 Å². The molecule has 3 N–H and O–H groups in total. The van der Waals surface area contributed by atoms with Crippen molar-refractivity contribution >= 4 is 5.97 Å². The molecule has 0 aromatic rings. The van der Waals surface area contributed by atoms with Crippen LogP contribution >= 0.6 is 0 Å². The van der Waals surface area contributed by atoms with Crippen LogP contribution in [0.1, 0.15) is 59.3 Å². The van der Waals surface area contributed by atoms with Gasteiger partial charge < -0.3 is 15.3 Å². The standard InChI is InChI=1S/C20H32O4/c1-13(9-10-21)5-7-16-14(2)6-8-17-19(16,3)11-15(22)12-20(17,4)18(23)24/h9,15-17,21-22H,2,5-8,10-12H2,1,3-4H3,(H,23,24)/b13-9+/t15-,16+,17-,19-,20+/m1/s1. The average Bonchev–Trinajstić information content (AvgIpc) is 2.45. The summed E-state index contributed by atoms with van der Waals surface area (Å²) >= 11 is 0. The topological polar surface area (TPSA) is 77.8 Å². The molecule has 0 bridgehead atoms. The fraction of sp³-hybridized carbons (Fsp3) is 0.750. The lowest BCUT2D eigenvalue weighted by atomic mass is 9.46. The highest BCUT2D eigenvalue weighted by molar-refractivity contribution is 5.75. The van der Waals surface area contributed by atoms with E-state index in [-0.39, 0.29) is 23.9 Å². The maximum atomic E-state index is 12.0. The number of hydrogen-bond donors (Lipinski definition) is 3. The molecule has 0 radical (unpaired) electrons. The molecular weight excluding hydrogens is 304 g/mol. The number of aliphatic hydroxyl groups is 2. The molecule has 0 heterocycles. The Morgan fingerprint density at radius 1 is 1.38 bits per heavy atom. The zero-order chi connectivity index (χ0) is 18.1. The van der Waals surface area contributed by atoms with Crippen LogP contribution in [-0.4, -0.2) is 34.0 Å². The summed E-state index contributed by atoms with van der Waals surface area (Å²) in [5.41, 5.74) is 1.22. The number of hydrogen-bond acceptors (Lipinski definition) is 3. The van der Waals surface area contributed by atoms with E-state index in [9.17, 15) is 15.0 Å². The molecule has 2 saturated carbocycles. The van der Waals surface area contributed by atoms with Crippen molar-refractivity contribution in [2.45, 2.75) is 65.4 Å². The van der Waals surface area contributed by atoms with Crippen LogP contribution in [0, 0.1) is 22.7 Å². The van der Waals surface area contributed by atoms with Crippen molar-refractivity contribution in [2.24, 2.45) is 22.7 Å². The van der Waals surface area contributed by atoms with Crippen LogP contribution in [0.2, 0.25) is 0 Å². The monoisotopic (exact) mass is 336 g/mol. The third-order valence-corrected chi connectivity index (χ3v) is 6.70. The fourth-order valence-electron chi connectivity index (χ4n) is 5.49. The number of allylic oxidation sites excluding steroid dienone is 2. The molecule has 2 fully saturated rings. The van der Waals surface area contributed by atoms with Crippen LogP contribution in [0.5, 0.6) is 0 Å². The second-order valence-electron chi connectivity index (χ2n) is 8.36. The number of carboxylic acids is 1. The molecule has 4 nitrogen and oxygen atoms in total. The van der Waals surface area contributed by atoms with Crippen molar-refractivity contribution in [3.63, 3.8) is 0 Å².